The topological polar surface area (TPSA) is 110 Å². The number of hydrogen-bond donors (Lipinski definition) is 2. The van der Waals surface area contributed by atoms with Gasteiger partial charge in [0.25, 0.3) is 11.6 Å². The molecule has 1 rings (SSSR count). The molecular formula is C11H11FN2O5. The molecule has 102 valence electrons. The Morgan fingerprint density at radius 1 is 1.42 bits per heavy atom. The van der Waals surface area contributed by atoms with Crippen LogP contribution in [0.4, 0.5) is 10.1 Å². The molecule has 1 amide bonds. The lowest BCUT2D eigenvalue weighted by Gasteiger charge is -2.21. The van der Waals surface area contributed by atoms with Crippen molar-refractivity contribution >= 4 is 17.6 Å². The van der Waals surface area contributed by atoms with Crippen molar-refractivity contribution in [1.82, 2.24) is 5.32 Å². The Hall–Kier alpha value is -2.51. The number of carbonyl (C=O) groups is 2. The second-order valence-electron chi connectivity index (χ2n) is 4.31. The average Bonchev–Trinajstić information content (AvgIpc) is 2.27. The van der Waals surface area contributed by atoms with Crippen LogP contribution in [-0.4, -0.2) is 27.4 Å². The highest BCUT2D eigenvalue weighted by Crippen LogP contribution is 2.17. The fourth-order valence-electron chi connectivity index (χ4n) is 1.21. The molecule has 19 heavy (non-hydrogen) atoms. The lowest BCUT2D eigenvalue weighted by atomic mass is 10.0. The van der Waals surface area contributed by atoms with Crippen molar-refractivity contribution in [2.45, 2.75) is 19.4 Å². The highest BCUT2D eigenvalue weighted by Gasteiger charge is 2.30. The standard InChI is InChI=1S/C11H11FN2O5/c1-11(2,10(16)17)13-9(15)7-4-3-6(14(18)19)5-8(7)12/h3-5H,1-2H3,(H,13,15)(H,16,17). The number of non-ortho nitro benzene ring substituents is 1. The van der Waals surface area contributed by atoms with Gasteiger partial charge in [-0.05, 0) is 19.9 Å². The highest BCUT2D eigenvalue weighted by atomic mass is 19.1. The van der Waals surface area contributed by atoms with E-state index in [4.69, 9.17) is 5.11 Å². The predicted octanol–water partition coefficient (Wildman–Crippen LogP) is 1.33. The summed E-state index contributed by atoms with van der Waals surface area (Å²) in [6.45, 7) is 2.47. The van der Waals surface area contributed by atoms with Crippen LogP contribution in [0.2, 0.25) is 0 Å². The number of rotatable bonds is 4. The number of amides is 1. The van der Waals surface area contributed by atoms with E-state index < -0.39 is 39.4 Å². The molecule has 0 fully saturated rings. The molecule has 2 N–H and O–H groups in total. The van der Waals surface area contributed by atoms with Crippen molar-refractivity contribution in [2.75, 3.05) is 0 Å². The van der Waals surface area contributed by atoms with Crippen molar-refractivity contribution < 1.29 is 24.0 Å². The number of hydrogen-bond acceptors (Lipinski definition) is 4. The first kappa shape index (κ1) is 14.6. The maximum absolute atomic E-state index is 13.5. The van der Waals surface area contributed by atoms with Gasteiger partial charge < -0.3 is 10.4 Å². The van der Waals surface area contributed by atoms with Crippen LogP contribution < -0.4 is 5.32 Å². The lowest BCUT2D eigenvalue weighted by Crippen LogP contribution is -2.49. The van der Waals surface area contributed by atoms with Gasteiger partial charge in [-0.2, -0.15) is 0 Å². The van der Waals surface area contributed by atoms with Crippen molar-refractivity contribution in [1.29, 1.82) is 0 Å². The van der Waals surface area contributed by atoms with Crippen LogP contribution in [-0.2, 0) is 4.79 Å². The number of nitro benzene ring substituents is 1. The minimum absolute atomic E-state index is 0.458. The van der Waals surface area contributed by atoms with Gasteiger partial charge >= 0.3 is 5.97 Å². The van der Waals surface area contributed by atoms with Crippen LogP contribution in [0.3, 0.4) is 0 Å². The van der Waals surface area contributed by atoms with Gasteiger partial charge in [0.2, 0.25) is 0 Å². The van der Waals surface area contributed by atoms with E-state index in [2.05, 4.69) is 5.32 Å². The molecule has 0 aromatic heterocycles. The van der Waals surface area contributed by atoms with E-state index in [1.165, 1.54) is 13.8 Å². The van der Waals surface area contributed by atoms with Gasteiger partial charge in [0.05, 0.1) is 16.6 Å². The smallest absolute Gasteiger partial charge is 0.328 e. The maximum atomic E-state index is 13.5. The van der Waals surface area contributed by atoms with Gasteiger partial charge in [0, 0.05) is 6.07 Å². The van der Waals surface area contributed by atoms with E-state index in [1.807, 2.05) is 0 Å². The lowest BCUT2D eigenvalue weighted by molar-refractivity contribution is -0.385. The quantitative estimate of drug-likeness (QED) is 0.633. The number of carboxylic acid groups (broad SMARTS) is 1. The summed E-state index contributed by atoms with van der Waals surface area (Å²) in [5.41, 5.74) is -2.53. The Labute approximate surface area is 107 Å². The van der Waals surface area contributed by atoms with Crippen molar-refractivity contribution in [2.24, 2.45) is 0 Å². The molecule has 8 heteroatoms. The Morgan fingerprint density at radius 2 is 2.00 bits per heavy atom. The molecule has 7 nitrogen and oxygen atoms in total. The monoisotopic (exact) mass is 270 g/mol. The van der Waals surface area contributed by atoms with Gasteiger partial charge in [0.15, 0.2) is 0 Å². The Balaban J connectivity index is 3.02. The molecule has 0 unspecified atom stereocenters. The Bertz CT molecular complexity index is 556. The molecule has 1 aromatic rings. The summed E-state index contributed by atoms with van der Waals surface area (Å²) in [6, 6.07) is 2.50. The van der Waals surface area contributed by atoms with Gasteiger partial charge in [0.1, 0.15) is 11.4 Å². The number of nitro groups is 1. The number of carbonyl (C=O) groups excluding carboxylic acids is 1. The summed E-state index contributed by atoms with van der Waals surface area (Å²) in [5.74, 6) is -3.34. The van der Waals surface area contributed by atoms with Gasteiger partial charge in [-0.15, -0.1) is 0 Å². The van der Waals surface area contributed by atoms with Crippen LogP contribution in [0.25, 0.3) is 0 Å². The molecule has 0 aliphatic heterocycles. The van der Waals surface area contributed by atoms with E-state index >= 15 is 0 Å². The molecule has 1 aromatic carbocycles. The van der Waals surface area contributed by atoms with Crippen LogP contribution in [0.5, 0.6) is 0 Å². The summed E-state index contributed by atoms with van der Waals surface area (Å²) in [6.07, 6.45) is 0. The Kier molecular flexibility index (Phi) is 3.83. The molecule has 0 aliphatic carbocycles. The zero-order chi connectivity index (χ0) is 14.8. The van der Waals surface area contributed by atoms with E-state index in [9.17, 15) is 24.1 Å². The third-order valence-electron chi connectivity index (χ3n) is 2.37. The van der Waals surface area contributed by atoms with Crippen LogP contribution in [0, 0.1) is 15.9 Å². The van der Waals surface area contributed by atoms with Crippen molar-refractivity contribution in [3.05, 3.63) is 39.7 Å². The van der Waals surface area contributed by atoms with Crippen LogP contribution >= 0.6 is 0 Å². The molecule has 0 atom stereocenters. The largest absolute Gasteiger partial charge is 0.480 e. The van der Waals surface area contributed by atoms with E-state index in [-0.39, 0.29) is 0 Å². The third-order valence-corrected chi connectivity index (χ3v) is 2.37. The van der Waals surface area contributed by atoms with Crippen LogP contribution in [0.15, 0.2) is 18.2 Å². The van der Waals surface area contributed by atoms with E-state index in [0.717, 1.165) is 12.1 Å². The number of carboxylic acids is 1. The van der Waals surface area contributed by atoms with Crippen molar-refractivity contribution in [3.8, 4) is 0 Å². The first-order valence-corrected chi connectivity index (χ1v) is 5.15. The van der Waals surface area contributed by atoms with E-state index in [0.29, 0.717) is 6.07 Å². The first-order chi connectivity index (χ1) is 8.65. The number of nitrogens with one attached hydrogen (secondary N) is 1. The molecular weight excluding hydrogens is 259 g/mol. The number of aliphatic carboxylic acids is 1. The SMILES string of the molecule is CC(C)(NC(=O)c1ccc([N+](=O)[O-])cc1F)C(=O)O. The van der Waals surface area contributed by atoms with Crippen LogP contribution in [0.1, 0.15) is 24.2 Å². The second kappa shape index (κ2) is 5.01. The summed E-state index contributed by atoms with van der Waals surface area (Å²) < 4.78 is 13.5. The fraction of sp³-hybridized carbons (Fsp3) is 0.273. The van der Waals surface area contributed by atoms with Gasteiger partial charge in [-0.25, -0.2) is 9.18 Å². The zero-order valence-corrected chi connectivity index (χ0v) is 10.1. The van der Waals surface area contributed by atoms with Gasteiger partial charge in [-0.1, -0.05) is 0 Å². The predicted molar refractivity (Wildman–Crippen MR) is 62.2 cm³/mol. The summed E-state index contributed by atoms with van der Waals surface area (Å²) in [5, 5.41) is 21.4. The first-order valence-electron chi connectivity index (χ1n) is 5.15. The molecule has 0 radical (unpaired) electrons. The molecule has 0 aliphatic rings. The third kappa shape index (κ3) is 3.24. The fourth-order valence-corrected chi connectivity index (χ4v) is 1.21. The number of nitrogens with zero attached hydrogens (tertiary/aromatic N) is 1. The second-order valence-corrected chi connectivity index (χ2v) is 4.31. The number of benzene rings is 1. The van der Waals surface area contributed by atoms with Gasteiger partial charge in [-0.3, -0.25) is 14.9 Å². The summed E-state index contributed by atoms with van der Waals surface area (Å²) in [7, 11) is 0. The minimum Gasteiger partial charge on any atom is -0.480 e. The molecule has 0 bridgehead atoms. The maximum Gasteiger partial charge on any atom is 0.328 e. The van der Waals surface area contributed by atoms with E-state index in [1.54, 1.807) is 0 Å². The number of halogens is 1. The minimum atomic E-state index is -1.58. The van der Waals surface area contributed by atoms with Crippen molar-refractivity contribution in [3.63, 3.8) is 0 Å². The summed E-state index contributed by atoms with van der Waals surface area (Å²) in [4.78, 5) is 32.1. The highest BCUT2D eigenvalue weighted by molar-refractivity contribution is 5.98. The summed E-state index contributed by atoms with van der Waals surface area (Å²) >= 11 is 0. The average molecular weight is 270 g/mol. The molecule has 0 heterocycles. The normalized spacial score (nSPS) is 10.9. The Morgan fingerprint density at radius 3 is 2.42 bits per heavy atom. The molecule has 0 saturated carbocycles. The zero-order valence-electron chi connectivity index (χ0n) is 10.1. The molecule has 0 spiro atoms. The molecule has 0 saturated heterocycles.